The molecule has 8 heteroatoms. The van der Waals surface area contributed by atoms with E-state index in [9.17, 15) is 14.0 Å². The van der Waals surface area contributed by atoms with Crippen molar-refractivity contribution in [1.29, 1.82) is 0 Å². The maximum atomic E-state index is 13.9. The molecule has 7 nitrogen and oxygen atoms in total. The van der Waals surface area contributed by atoms with Gasteiger partial charge >= 0.3 is 0 Å². The summed E-state index contributed by atoms with van der Waals surface area (Å²) in [7, 11) is 0. The number of hydrogen-bond acceptors (Lipinski definition) is 5. The standard InChI is InChI=1S/C21H26FN5O2/c1-3-26(4-2)21(29)17-13-15(14-24-19(17)27-11-9-23-10-12-27)25-20(28)16-7-5-6-8-18(16)22/h5-8,13-14,23H,3-4,9-12H2,1-2H3,(H,25,28). The molecule has 1 aliphatic heterocycles. The molecule has 0 unspecified atom stereocenters. The van der Waals surface area contributed by atoms with E-state index in [1.165, 1.54) is 24.4 Å². The second kappa shape index (κ2) is 9.47. The number of aromatic nitrogens is 1. The van der Waals surface area contributed by atoms with Crippen LogP contribution in [0.2, 0.25) is 0 Å². The highest BCUT2D eigenvalue weighted by Crippen LogP contribution is 2.24. The topological polar surface area (TPSA) is 77.6 Å². The van der Waals surface area contributed by atoms with E-state index in [4.69, 9.17) is 0 Å². The first-order valence-corrected chi connectivity index (χ1v) is 9.86. The molecular weight excluding hydrogens is 373 g/mol. The number of halogens is 1. The number of anilines is 2. The Bertz CT molecular complexity index is 879. The van der Waals surface area contributed by atoms with Gasteiger partial charge in [-0.2, -0.15) is 0 Å². The lowest BCUT2D eigenvalue weighted by atomic mass is 10.1. The number of amides is 2. The summed E-state index contributed by atoms with van der Waals surface area (Å²) in [6.07, 6.45) is 1.51. The monoisotopic (exact) mass is 399 g/mol. The van der Waals surface area contributed by atoms with Gasteiger partial charge in [0.2, 0.25) is 0 Å². The van der Waals surface area contributed by atoms with Crippen molar-refractivity contribution in [2.75, 3.05) is 49.5 Å². The van der Waals surface area contributed by atoms with Crippen LogP contribution < -0.4 is 15.5 Å². The molecule has 2 N–H and O–H groups in total. The zero-order valence-electron chi connectivity index (χ0n) is 16.7. The summed E-state index contributed by atoms with van der Waals surface area (Å²) >= 11 is 0. The first-order chi connectivity index (χ1) is 14.0. The molecule has 1 aromatic carbocycles. The molecular formula is C21H26FN5O2. The first kappa shape index (κ1) is 20.7. The number of nitrogens with zero attached hydrogens (tertiary/aromatic N) is 3. The fourth-order valence-electron chi connectivity index (χ4n) is 3.34. The van der Waals surface area contributed by atoms with Gasteiger partial charge in [-0.25, -0.2) is 9.37 Å². The van der Waals surface area contributed by atoms with Crippen molar-refractivity contribution in [2.24, 2.45) is 0 Å². The normalized spacial score (nSPS) is 13.8. The van der Waals surface area contributed by atoms with Crippen LogP contribution in [0.15, 0.2) is 36.5 Å². The van der Waals surface area contributed by atoms with Crippen LogP contribution in [0.4, 0.5) is 15.9 Å². The number of hydrogen-bond donors (Lipinski definition) is 2. The number of rotatable bonds is 6. The molecule has 0 radical (unpaired) electrons. The van der Waals surface area contributed by atoms with E-state index in [2.05, 4.69) is 20.5 Å². The van der Waals surface area contributed by atoms with E-state index >= 15 is 0 Å². The van der Waals surface area contributed by atoms with Gasteiger partial charge in [0.25, 0.3) is 11.8 Å². The van der Waals surface area contributed by atoms with Crippen molar-refractivity contribution in [1.82, 2.24) is 15.2 Å². The van der Waals surface area contributed by atoms with Gasteiger partial charge in [-0.05, 0) is 32.0 Å². The summed E-state index contributed by atoms with van der Waals surface area (Å²) in [6, 6.07) is 7.39. The van der Waals surface area contributed by atoms with Crippen LogP contribution in [0.1, 0.15) is 34.6 Å². The van der Waals surface area contributed by atoms with E-state index in [0.717, 1.165) is 26.2 Å². The van der Waals surface area contributed by atoms with E-state index in [0.29, 0.717) is 30.2 Å². The Hall–Kier alpha value is -3.00. The Morgan fingerprint density at radius 1 is 1.17 bits per heavy atom. The van der Waals surface area contributed by atoms with Crippen molar-refractivity contribution in [3.05, 3.63) is 53.5 Å². The van der Waals surface area contributed by atoms with Gasteiger partial charge in [0.1, 0.15) is 11.6 Å². The predicted molar refractivity (Wildman–Crippen MR) is 111 cm³/mol. The number of carbonyl (C=O) groups excluding carboxylic acids is 2. The molecule has 0 saturated carbocycles. The van der Waals surface area contributed by atoms with Crippen LogP contribution in [-0.2, 0) is 0 Å². The number of pyridine rings is 1. The highest BCUT2D eigenvalue weighted by Gasteiger charge is 2.24. The highest BCUT2D eigenvalue weighted by molar-refractivity contribution is 6.06. The third kappa shape index (κ3) is 4.71. The Kier molecular flexibility index (Phi) is 6.77. The summed E-state index contributed by atoms with van der Waals surface area (Å²) in [4.78, 5) is 33.8. The van der Waals surface area contributed by atoms with E-state index in [1.807, 2.05) is 13.8 Å². The molecule has 1 fully saturated rings. The van der Waals surface area contributed by atoms with E-state index < -0.39 is 11.7 Å². The van der Waals surface area contributed by atoms with Gasteiger partial charge in [0.05, 0.1) is 23.0 Å². The Morgan fingerprint density at radius 2 is 1.86 bits per heavy atom. The summed E-state index contributed by atoms with van der Waals surface area (Å²) < 4.78 is 13.9. The zero-order chi connectivity index (χ0) is 20.8. The molecule has 0 aliphatic carbocycles. The summed E-state index contributed by atoms with van der Waals surface area (Å²) in [5, 5.41) is 5.94. The van der Waals surface area contributed by atoms with Crippen LogP contribution in [0.5, 0.6) is 0 Å². The van der Waals surface area contributed by atoms with Crippen molar-refractivity contribution in [3.63, 3.8) is 0 Å². The van der Waals surface area contributed by atoms with E-state index in [-0.39, 0.29) is 11.5 Å². The maximum Gasteiger partial charge on any atom is 0.258 e. The molecule has 0 spiro atoms. The Labute approximate surface area is 169 Å². The molecule has 3 rings (SSSR count). The lowest BCUT2D eigenvalue weighted by Gasteiger charge is -2.31. The third-order valence-electron chi connectivity index (χ3n) is 4.94. The highest BCUT2D eigenvalue weighted by atomic mass is 19.1. The van der Waals surface area contributed by atoms with Gasteiger partial charge < -0.3 is 20.4 Å². The minimum Gasteiger partial charge on any atom is -0.353 e. The van der Waals surface area contributed by atoms with Crippen LogP contribution in [0, 0.1) is 5.82 Å². The maximum absolute atomic E-state index is 13.9. The second-order valence-electron chi connectivity index (χ2n) is 6.74. The van der Waals surface area contributed by atoms with Gasteiger partial charge in [-0.1, -0.05) is 12.1 Å². The van der Waals surface area contributed by atoms with Crippen LogP contribution in [-0.4, -0.2) is 61.0 Å². The van der Waals surface area contributed by atoms with Crippen molar-refractivity contribution < 1.29 is 14.0 Å². The summed E-state index contributed by atoms with van der Waals surface area (Å²) in [5.74, 6) is -0.721. The molecule has 154 valence electrons. The smallest absolute Gasteiger partial charge is 0.258 e. The Morgan fingerprint density at radius 3 is 2.52 bits per heavy atom. The summed E-state index contributed by atoms with van der Waals surface area (Å²) in [6.45, 7) is 8.09. The fraction of sp³-hybridized carbons (Fsp3) is 0.381. The number of benzene rings is 1. The minimum atomic E-state index is -0.602. The third-order valence-corrected chi connectivity index (χ3v) is 4.94. The largest absolute Gasteiger partial charge is 0.353 e. The number of nitrogens with one attached hydrogen (secondary N) is 2. The quantitative estimate of drug-likeness (QED) is 0.780. The molecule has 29 heavy (non-hydrogen) atoms. The van der Waals surface area contributed by atoms with Gasteiger partial charge in [0, 0.05) is 39.3 Å². The average Bonchev–Trinajstić information content (AvgIpc) is 2.75. The molecule has 0 bridgehead atoms. The molecule has 1 aliphatic rings. The molecule has 1 saturated heterocycles. The van der Waals surface area contributed by atoms with Crippen LogP contribution in [0.3, 0.4) is 0 Å². The van der Waals surface area contributed by atoms with Crippen molar-refractivity contribution >= 4 is 23.3 Å². The minimum absolute atomic E-state index is 0.0599. The van der Waals surface area contributed by atoms with Crippen LogP contribution in [0.25, 0.3) is 0 Å². The Balaban J connectivity index is 1.93. The lowest BCUT2D eigenvalue weighted by molar-refractivity contribution is 0.0772. The van der Waals surface area contributed by atoms with Gasteiger partial charge in [-0.15, -0.1) is 0 Å². The molecule has 0 atom stereocenters. The van der Waals surface area contributed by atoms with Gasteiger partial charge in [-0.3, -0.25) is 9.59 Å². The molecule has 2 heterocycles. The summed E-state index contributed by atoms with van der Waals surface area (Å²) in [5.41, 5.74) is 0.727. The van der Waals surface area contributed by atoms with Gasteiger partial charge in [0.15, 0.2) is 0 Å². The zero-order valence-corrected chi connectivity index (χ0v) is 16.7. The first-order valence-electron chi connectivity index (χ1n) is 9.86. The number of piperazine rings is 1. The number of carbonyl (C=O) groups is 2. The molecule has 2 aromatic rings. The molecule has 1 aromatic heterocycles. The van der Waals surface area contributed by atoms with Crippen LogP contribution >= 0.6 is 0 Å². The lowest BCUT2D eigenvalue weighted by Crippen LogP contribution is -2.45. The fourth-order valence-corrected chi connectivity index (χ4v) is 3.34. The average molecular weight is 399 g/mol. The van der Waals surface area contributed by atoms with Crippen molar-refractivity contribution in [2.45, 2.75) is 13.8 Å². The second-order valence-corrected chi connectivity index (χ2v) is 6.74. The SMILES string of the molecule is CCN(CC)C(=O)c1cc(NC(=O)c2ccccc2F)cnc1N1CCNCC1. The van der Waals surface area contributed by atoms with Crippen molar-refractivity contribution in [3.8, 4) is 0 Å². The predicted octanol–water partition coefficient (Wildman–Crippen LogP) is 2.36. The molecule has 2 amide bonds. The van der Waals surface area contributed by atoms with E-state index in [1.54, 1.807) is 17.0 Å².